The Morgan fingerprint density at radius 1 is 1.44 bits per heavy atom. The number of hydrogen-bond donors (Lipinski definition) is 0. The van der Waals surface area contributed by atoms with E-state index in [-0.39, 0.29) is 17.8 Å². The number of ether oxygens (including phenoxy) is 1. The number of esters is 1. The van der Waals surface area contributed by atoms with Crippen LogP contribution in [0.5, 0.6) is 0 Å². The van der Waals surface area contributed by atoms with E-state index in [1.807, 2.05) is 13.8 Å². The third kappa shape index (κ3) is 4.64. The lowest BCUT2D eigenvalue weighted by Gasteiger charge is -2.08. The normalized spacial score (nSPS) is 10.6. The summed E-state index contributed by atoms with van der Waals surface area (Å²) in [7, 11) is 0. The van der Waals surface area contributed by atoms with Gasteiger partial charge in [-0.2, -0.15) is 0 Å². The lowest BCUT2D eigenvalue weighted by atomic mass is 10.4. The van der Waals surface area contributed by atoms with E-state index in [2.05, 4.69) is 0 Å². The highest BCUT2D eigenvalue weighted by Crippen LogP contribution is 2.29. The van der Waals surface area contributed by atoms with Gasteiger partial charge in [0.05, 0.1) is 16.9 Å². The fraction of sp³-hybridized carbons (Fsp3) is 0.364. The minimum Gasteiger partial charge on any atom is -0.462 e. The molecule has 2 nitrogen and oxygen atoms in total. The molecule has 0 aliphatic carbocycles. The van der Waals surface area contributed by atoms with Crippen LogP contribution < -0.4 is 0 Å². The van der Waals surface area contributed by atoms with E-state index < -0.39 is 0 Å². The Balaban J connectivity index is 2.54. The summed E-state index contributed by atoms with van der Waals surface area (Å²) in [5.41, 5.74) is 0. The van der Waals surface area contributed by atoms with Crippen LogP contribution in [0.2, 0.25) is 10.0 Å². The average molecular weight is 279 g/mol. The summed E-state index contributed by atoms with van der Waals surface area (Å²) in [6.45, 7) is 3.63. The Hall–Kier alpha value is -0.380. The second-order valence-electron chi connectivity index (χ2n) is 3.40. The number of thioether (sulfide) groups is 1. The predicted octanol–water partition coefficient (Wildman–Crippen LogP) is 4.04. The molecule has 88 valence electrons. The number of carbonyl (C=O) groups excluding carboxylic acids is 1. The van der Waals surface area contributed by atoms with Crippen molar-refractivity contribution in [1.29, 1.82) is 0 Å². The van der Waals surface area contributed by atoms with E-state index >= 15 is 0 Å². The van der Waals surface area contributed by atoms with Gasteiger partial charge in [-0.3, -0.25) is 4.79 Å². The molecule has 5 heteroatoms. The van der Waals surface area contributed by atoms with Crippen molar-refractivity contribution in [2.45, 2.75) is 24.8 Å². The van der Waals surface area contributed by atoms with Crippen molar-refractivity contribution in [2.24, 2.45) is 0 Å². The smallest absolute Gasteiger partial charge is 0.316 e. The number of rotatable bonds is 4. The summed E-state index contributed by atoms with van der Waals surface area (Å²) in [5.74, 6) is -0.0193. The summed E-state index contributed by atoms with van der Waals surface area (Å²) in [6, 6.07) is 5.15. The fourth-order valence-corrected chi connectivity index (χ4v) is 2.30. The van der Waals surface area contributed by atoms with Crippen molar-refractivity contribution in [3.63, 3.8) is 0 Å². The van der Waals surface area contributed by atoms with E-state index in [0.717, 1.165) is 4.90 Å². The maximum atomic E-state index is 11.3. The van der Waals surface area contributed by atoms with Crippen molar-refractivity contribution in [1.82, 2.24) is 0 Å². The van der Waals surface area contributed by atoms with Crippen LogP contribution in [0.3, 0.4) is 0 Å². The van der Waals surface area contributed by atoms with Crippen LogP contribution in [0.4, 0.5) is 0 Å². The van der Waals surface area contributed by atoms with Crippen LogP contribution in [-0.4, -0.2) is 17.8 Å². The van der Waals surface area contributed by atoms with E-state index in [0.29, 0.717) is 10.0 Å². The molecule has 0 amide bonds. The zero-order chi connectivity index (χ0) is 12.1. The maximum absolute atomic E-state index is 11.3. The molecule has 1 aromatic carbocycles. The first-order chi connectivity index (χ1) is 7.49. The van der Waals surface area contributed by atoms with Gasteiger partial charge in [0.15, 0.2) is 0 Å². The van der Waals surface area contributed by atoms with E-state index in [1.165, 1.54) is 11.8 Å². The molecule has 0 aromatic heterocycles. The molecule has 16 heavy (non-hydrogen) atoms. The number of halogens is 2. The quantitative estimate of drug-likeness (QED) is 0.614. The molecule has 1 aromatic rings. The van der Waals surface area contributed by atoms with Gasteiger partial charge >= 0.3 is 5.97 Å². The van der Waals surface area contributed by atoms with Crippen LogP contribution in [0.25, 0.3) is 0 Å². The van der Waals surface area contributed by atoms with Gasteiger partial charge in [-0.15, -0.1) is 11.8 Å². The molecule has 0 heterocycles. The molecule has 0 spiro atoms. The van der Waals surface area contributed by atoms with Gasteiger partial charge in [0, 0.05) is 9.92 Å². The Kier molecular flexibility index (Phi) is 5.46. The first kappa shape index (κ1) is 13.7. The number of benzene rings is 1. The van der Waals surface area contributed by atoms with Gasteiger partial charge in [-0.1, -0.05) is 23.2 Å². The lowest BCUT2D eigenvalue weighted by molar-refractivity contribution is -0.144. The average Bonchev–Trinajstić information content (AvgIpc) is 2.18. The second kappa shape index (κ2) is 6.38. The van der Waals surface area contributed by atoms with Gasteiger partial charge in [0.25, 0.3) is 0 Å². The molecular formula is C11H12Cl2O2S. The largest absolute Gasteiger partial charge is 0.462 e. The van der Waals surface area contributed by atoms with Crippen molar-refractivity contribution < 1.29 is 9.53 Å². The molecule has 0 saturated heterocycles. The van der Waals surface area contributed by atoms with Gasteiger partial charge in [-0.25, -0.2) is 0 Å². The molecule has 0 aliphatic heterocycles. The highest BCUT2D eigenvalue weighted by molar-refractivity contribution is 8.00. The van der Waals surface area contributed by atoms with Crippen molar-refractivity contribution in [3.8, 4) is 0 Å². The van der Waals surface area contributed by atoms with Crippen LogP contribution in [0.15, 0.2) is 23.1 Å². The lowest BCUT2D eigenvalue weighted by Crippen LogP contribution is -2.13. The first-order valence-electron chi connectivity index (χ1n) is 4.76. The van der Waals surface area contributed by atoms with Gasteiger partial charge < -0.3 is 4.74 Å². The highest BCUT2D eigenvalue weighted by atomic mass is 35.5. The summed E-state index contributed by atoms with van der Waals surface area (Å²) >= 11 is 13.1. The Morgan fingerprint density at radius 2 is 2.12 bits per heavy atom. The number of hydrogen-bond acceptors (Lipinski definition) is 3. The summed E-state index contributed by atoms with van der Waals surface area (Å²) < 4.78 is 5.01. The molecule has 0 radical (unpaired) electrons. The van der Waals surface area contributed by atoms with Gasteiger partial charge in [0.1, 0.15) is 0 Å². The molecule has 1 rings (SSSR count). The van der Waals surface area contributed by atoms with Crippen molar-refractivity contribution in [2.75, 3.05) is 5.75 Å². The maximum Gasteiger partial charge on any atom is 0.316 e. The van der Waals surface area contributed by atoms with Crippen molar-refractivity contribution >= 4 is 40.9 Å². The molecule has 0 unspecified atom stereocenters. The predicted molar refractivity (Wildman–Crippen MR) is 68.4 cm³/mol. The standard InChI is InChI=1S/C11H12Cl2O2S/c1-7(2)15-11(14)6-16-10-5-8(12)3-4-9(10)13/h3-5,7H,6H2,1-2H3. The Labute approximate surface area is 109 Å². The third-order valence-corrected chi connectivity index (χ3v) is 3.31. The van der Waals surface area contributed by atoms with Crippen LogP contribution in [-0.2, 0) is 9.53 Å². The SMILES string of the molecule is CC(C)OC(=O)CSc1cc(Cl)ccc1Cl. The van der Waals surface area contributed by atoms with Crippen LogP contribution in [0.1, 0.15) is 13.8 Å². The fourth-order valence-electron chi connectivity index (χ4n) is 1.02. The Morgan fingerprint density at radius 3 is 2.75 bits per heavy atom. The van der Waals surface area contributed by atoms with Crippen LogP contribution in [0, 0.1) is 0 Å². The van der Waals surface area contributed by atoms with Gasteiger partial charge in [-0.05, 0) is 32.0 Å². The zero-order valence-corrected chi connectivity index (χ0v) is 11.3. The molecule has 0 bridgehead atoms. The minimum atomic E-state index is -0.254. The first-order valence-corrected chi connectivity index (χ1v) is 6.50. The van der Waals surface area contributed by atoms with E-state index in [9.17, 15) is 4.79 Å². The topological polar surface area (TPSA) is 26.3 Å². The summed E-state index contributed by atoms with van der Waals surface area (Å²) in [6.07, 6.45) is -0.0945. The number of carbonyl (C=O) groups is 1. The monoisotopic (exact) mass is 278 g/mol. The van der Waals surface area contributed by atoms with Gasteiger partial charge in [0.2, 0.25) is 0 Å². The second-order valence-corrected chi connectivity index (χ2v) is 5.26. The molecule has 0 fully saturated rings. The highest BCUT2D eigenvalue weighted by Gasteiger charge is 2.08. The Bertz CT molecular complexity index is 380. The zero-order valence-electron chi connectivity index (χ0n) is 9.00. The minimum absolute atomic E-state index is 0.0945. The molecule has 0 aliphatic rings. The van der Waals surface area contributed by atoms with E-state index in [4.69, 9.17) is 27.9 Å². The molecule has 0 N–H and O–H groups in total. The summed E-state index contributed by atoms with van der Waals surface area (Å²) in [4.78, 5) is 12.1. The third-order valence-electron chi connectivity index (χ3n) is 1.61. The molecular weight excluding hydrogens is 267 g/mol. The molecule has 0 atom stereocenters. The van der Waals surface area contributed by atoms with Crippen molar-refractivity contribution in [3.05, 3.63) is 28.2 Å². The van der Waals surface area contributed by atoms with Crippen LogP contribution >= 0.6 is 35.0 Å². The summed E-state index contributed by atoms with van der Waals surface area (Å²) in [5, 5.41) is 1.19. The van der Waals surface area contributed by atoms with E-state index in [1.54, 1.807) is 18.2 Å². The molecule has 0 saturated carbocycles.